The molecule has 0 aliphatic carbocycles. The molecule has 0 heterocycles. The van der Waals surface area contributed by atoms with E-state index in [2.05, 4.69) is 5.32 Å². The Morgan fingerprint density at radius 3 is 2.50 bits per heavy atom. The molecular weight excluding hydrogens is 257 g/mol. The number of carbonyl (C=O) groups is 2. The molecule has 20 heavy (non-hydrogen) atoms. The van der Waals surface area contributed by atoms with Gasteiger partial charge in [-0.2, -0.15) is 0 Å². The Balaban J connectivity index is 2.23. The van der Waals surface area contributed by atoms with Crippen LogP contribution in [0.25, 0.3) is 0 Å². The third-order valence-corrected chi connectivity index (χ3v) is 2.96. The fraction of sp³-hybridized carbons (Fsp3) is 0.125. The lowest BCUT2D eigenvalue weighted by atomic mass is 10.1. The average molecular weight is 271 g/mol. The van der Waals surface area contributed by atoms with Crippen molar-refractivity contribution in [1.29, 1.82) is 0 Å². The van der Waals surface area contributed by atoms with Crippen LogP contribution < -0.4 is 5.32 Å². The van der Waals surface area contributed by atoms with Crippen molar-refractivity contribution in [2.45, 2.75) is 13.8 Å². The van der Waals surface area contributed by atoms with Crippen molar-refractivity contribution in [2.24, 2.45) is 0 Å². The zero-order chi connectivity index (χ0) is 14.7. The van der Waals surface area contributed by atoms with Gasteiger partial charge in [0.1, 0.15) is 5.82 Å². The summed E-state index contributed by atoms with van der Waals surface area (Å²) in [5, 5.41) is 2.70. The fourth-order valence-electron chi connectivity index (χ4n) is 1.90. The zero-order valence-corrected chi connectivity index (χ0v) is 11.2. The van der Waals surface area contributed by atoms with Crippen LogP contribution in [0.5, 0.6) is 0 Å². The van der Waals surface area contributed by atoms with E-state index in [0.717, 1.165) is 0 Å². The van der Waals surface area contributed by atoms with Crippen LogP contribution in [0, 0.1) is 12.7 Å². The first-order chi connectivity index (χ1) is 9.47. The van der Waals surface area contributed by atoms with Crippen LogP contribution in [0.15, 0.2) is 42.5 Å². The van der Waals surface area contributed by atoms with E-state index in [1.54, 1.807) is 31.2 Å². The molecule has 0 aromatic heterocycles. The quantitative estimate of drug-likeness (QED) is 0.867. The number of hydrogen-bond donors (Lipinski definition) is 1. The lowest BCUT2D eigenvalue weighted by Gasteiger charge is -2.08. The van der Waals surface area contributed by atoms with Crippen LogP contribution in [0.4, 0.5) is 10.1 Å². The molecule has 0 atom stereocenters. The number of benzene rings is 2. The van der Waals surface area contributed by atoms with Gasteiger partial charge in [0.05, 0.1) is 0 Å². The van der Waals surface area contributed by atoms with Crippen molar-refractivity contribution in [3.05, 3.63) is 65.0 Å². The molecule has 1 N–H and O–H groups in total. The lowest BCUT2D eigenvalue weighted by Crippen LogP contribution is -2.13. The number of halogens is 1. The van der Waals surface area contributed by atoms with Crippen LogP contribution in [-0.4, -0.2) is 11.7 Å². The summed E-state index contributed by atoms with van der Waals surface area (Å²) in [4.78, 5) is 23.4. The molecule has 0 fully saturated rings. The Kier molecular flexibility index (Phi) is 3.94. The number of aryl methyl sites for hydroxylation is 1. The zero-order valence-electron chi connectivity index (χ0n) is 11.2. The molecule has 3 nitrogen and oxygen atoms in total. The fourth-order valence-corrected chi connectivity index (χ4v) is 1.90. The summed E-state index contributed by atoms with van der Waals surface area (Å²) in [6, 6.07) is 10.7. The molecule has 4 heteroatoms. The Hall–Kier alpha value is -2.49. The molecule has 0 bridgehead atoms. The molecule has 0 unspecified atom stereocenters. The normalized spacial score (nSPS) is 10.2. The van der Waals surface area contributed by atoms with Crippen LogP contribution in [0.3, 0.4) is 0 Å². The van der Waals surface area contributed by atoms with Gasteiger partial charge in [0, 0.05) is 16.8 Å². The van der Waals surface area contributed by atoms with Crippen molar-refractivity contribution >= 4 is 17.4 Å². The topological polar surface area (TPSA) is 46.2 Å². The van der Waals surface area contributed by atoms with Crippen LogP contribution in [0.2, 0.25) is 0 Å². The van der Waals surface area contributed by atoms with Gasteiger partial charge in [-0.3, -0.25) is 9.59 Å². The SMILES string of the molecule is CC(=O)c1cccc(NC(=O)c2ccc(F)cc2C)c1. The first kappa shape index (κ1) is 13.9. The van der Waals surface area contributed by atoms with Gasteiger partial charge in [-0.1, -0.05) is 12.1 Å². The van der Waals surface area contributed by atoms with Gasteiger partial charge in [0.2, 0.25) is 0 Å². The summed E-state index contributed by atoms with van der Waals surface area (Å²) in [6.07, 6.45) is 0. The van der Waals surface area contributed by atoms with E-state index in [-0.39, 0.29) is 17.5 Å². The maximum absolute atomic E-state index is 13.0. The van der Waals surface area contributed by atoms with Gasteiger partial charge in [0.15, 0.2) is 5.78 Å². The van der Waals surface area contributed by atoms with E-state index in [1.165, 1.54) is 25.1 Å². The second kappa shape index (κ2) is 5.65. The summed E-state index contributed by atoms with van der Waals surface area (Å²) in [7, 11) is 0. The maximum Gasteiger partial charge on any atom is 0.255 e. The number of nitrogens with one attached hydrogen (secondary N) is 1. The van der Waals surface area contributed by atoms with Gasteiger partial charge in [-0.25, -0.2) is 4.39 Å². The van der Waals surface area contributed by atoms with Crippen molar-refractivity contribution in [3.63, 3.8) is 0 Å². The number of hydrogen-bond acceptors (Lipinski definition) is 2. The Morgan fingerprint density at radius 1 is 1.10 bits per heavy atom. The predicted molar refractivity (Wildman–Crippen MR) is 75.5 cm³/mol. The van der Waals surface area contributed by atoms with E-state index < -0.39 is 0 Å². The number of Topliss-reactive ketones (excluding diaryl/α,β-unsaturated/α-hetero) is 1. The number of ketones is 1. The van der Waals surface area contributed by atoms with E-state index in [1.807, 2.05) is 0 Å². The second-order valence-corrected chi connectivity index (χ2v) is 4.55. The van der Waals surface area contributed by atoms with Gasteiger partial charge in [0.25, 0.3) is 5.91 Å². The van der Waals surface area contributed by atoms with E-state index >= 15 is 0 Å². The van der Waals surface area contributed by atoms with E-state index in [4.69, 9.17) is 0 Å². The smallest absolute Gasteiger partial charge is 0.255 e. The van der Waals surface area contributed by atoms with Crippen LogP contribution >= 0.6 is 0 Å². The summed E-state index contributed by atoms with van der Waals surface area (Å²) < 4.78 is 13.0. The number of carbonyl (C=O) groups excluding carboxylic acids is 2. The predicted octanol–water partition coefficient (Wildman–Crippen LogP) is 3.59. The molecule has 2 rings (SSSR count). The summed E-state index contributed by atoms with van der Waals surface area (Å²) >= 11 is 0. The van der Waals surface area contributed by atoms with Gasteiger partial charge in [-0.05, 0) is 49.7 Å². The molecule has 0 aliphatic heterocycles. The third-order valence-electron chi connectivity index (χ3n) is 2.96. The van der Waals surface area contributed by atoms with Crippen molar-refractivity contribution < 1.29 is 14.0 Å². The molecule has 2 aromatic carbocycles. The van der Waals surface area contributed by atoms with Crippen LogP contribution in [0.1, 0.15) is 33.2 Å². The highest BCUT2D eigenvalue weighted by Gasteiger charge is 2.10. The van der Waals surface area contributed by atoms with Crippen molar-refractivity contribution in [2.75, 3.05) is 5.32 Å². The summed E-state index contributed by atoms with van der Waals surface area (Å²) in [5.41, 5.74) is 2.02. The minimum Gasteiger partial charge on any atom is -0.322 e. The number of rotatable bonds is 3. The lowest BCUT2D eigenvalue weighted by molar-refractivity contribution is 0.101. The van der Waals surface area contributed by atoms with Crippen molar-refractivity contribution in [3.8, 4) is 0 Å². The van der Waals surface area contributed by atoms with E-state index in [0.29, 0.717) is 22.4 Å². The Morgan fingerprint density at radius 2 is 1.85 bits per heavy atom. The van der Waals surface area contributed by atoms with Gasteiger partial charge < -0.3 is 5.32 Å². The minimum absolute atomic E-state index is 0.0703. The van der Waals surface area contributed by atoms with Crippen molar-refractivity contribution in [1.82, 2.24) is 0 Å². The summed E-state index contributed by atoms with van der Waals surface area (Å²) in [5.74, 6) is -0.778. The van der Waals surface area contributed by atoms with Gasteiger partial charge in [-0.15, -0.1) is 0 Å². The Bertz CT molecular complexity index is 680. The second-order valence-electron chi connectivity index (χ2n) is 4.55. The summed E-state index contributed by atoms with van der Waals surface area (Å²) in [6.45, 7) is 3.13. The third kappa shape index (κ3) is 3.09. The first-order valence-corrected chi connectivity index (χ1v) is 6.16. The minimum atomic E-state index is -0.377. The maximum atomic E-state index is 13.0. The molecule has 102 valence electrons. The molecule has 0 radical (unpaired) electrons. The number of anilines is 1. The monoisotopic (exact) mass is 271 g/mol. The average Bonchev–Trinajstić information content (AvgIpc) is 2.38. The Labute approximate surface area is 116 Å². The highest BCUT2D eigenvalue weighted by atomic mass is 19.1. The standard InChI is InChI=1S/C16H14FNO2/c1-10-8-13(17)6-7-15(10)16(20)18-14-5-3-4-12(9-14)11(2)19/h3-9H,1-2H3,(H,18,20). The molecule has 0 saturated carbocycles. The number of amides is 1. The highest BCUT2D eigenvalue weighted by molar-refractivity contribution is 6.06. The van der Waals surface area contributed by atoms with Gasteiger partial charge >= 0.3 is 0 Å². The largest absolute Gasteiger partial charge is 0.322 e. The molecule has 2 aromatic rings. The molecule has 0 saturated heterocycles. The molecule has 1 amide bonds. The molecule has 0 aliphatic rings. The molecule has 0 spiro atoms. The highest BCUT2D eigenvalue weighted by Crippen LogP contribution is 2.15. The first-order valence-electron chi connectivity index (χ1n) is 6.16. The van der Waals surface area contributed by atoms with Crippen LogP contribution in [-0.2, 0) is 0 Å². The molecular formula is C16H14FNO2. The van der Waals surface area contributed by atoms with E-state index in [9.17, 15) is 14.0 Å².